The van der Waals surface area contributed by atoms with Gasteiger partial charge in [0.25, 0.3) is 11.8 Å². The van der Waals surface area contributed by atoms with Crippen molar-refractivity contribution >= 4 is 75.0 Å². The summed E-state index contributed by atoms with van der Waals surface area (Å²) < 4.78 is 41.8. The van der Waals surface area contributed by atoms with E-state index in [9.17, 15) is 32.7 Å². The van der Waals surface area contributed by atoms with Crippen molar-refractivity contribution in [2.75, 3.05) is 30.4 Å². The van der Waals surface area contributed by atoms with Gasteiger partial charge in [-0.15, -0.1) is 22.0 Å². The van der Waals surface area contributed by atoms with E-state index >= 15 is 0 Å². The van der Waals surface area contributed by atoms with Crippen LogP contribution in [-0.4, -0.2) is 95.3 Å². The maximum Gasteiger partial charge on any atom is 0.425 e. The standard InChI is InChI=1S/C18H18F3N9O5S4/c19-18(20,21)5-35-28-8(11-25-16(23)39-29-11)12(31)24-9-13(32)30-10(15(33)34)6(3-36-14(9)30)4-37-17-27-26-7(38-17)1-2-22/h9,14H,1-5,22H2,(H,24,31)(H,33,34)(H2,23,25,29)/t9?,14-/m1/s1. The fraction of sp³-hybridized carbons (Fsp3) is 0.444. The molecule has 2 atom stereocenters. The number of nitrogen functional groups attached to an aromatic ring is 1. The number of nitrogens with one attached hydrogen (secondary N) is 1. The number of fused-ring (bicyclic) bond motifs is 1. The first-order valence-electron chi connectivity index (χ1n) is 10.7. The SMILES string of the molecule is NCCc1nnc(SCC2=C(C(=O)O)N3C(=O)C(NC(=O)C(=NOCC(F)(F)F)c4nsc(N)n4)[C@H]3SC2)s1. The fourth-order valence-corrected chi connectivity index (χ4v) is 7.19. The molecule has 1 unspecified atom stereocenters. The quantitative estimate of drug-likeness (QED) is 0.115. The molecule has 0 radical (unpaired) electrons. The molecule has 210 valence electrons. The number of aromatic nitrogens is 4. The van der Waals surface area contributed by atoms with Crippen molar-refractivity contribution in [3.05, 3.63) is 22.1 Å². The first kappa shape index (κ1) is 29.0. The Hall–Kier alpha value is -3.01. The molecule has 2 aromatic rings. The first-order chi connectivity index (χ1) is 18.5. The number of carboxylic acid groups (broad SMARTS) is 1. The lowest BCUT2D eigenvalue weighted by atomic mass is 10.0. The number of rotatable bonds is 11. The third kappa shape index (κ3) is 6.77. The van der Waals surface area contributed by atoms with Crippen LogP contribution in [-0.2, 0) is 25.6 Å². The highest BCUT2D eigenvalue weighted by Gasteiger charge is 2.54. The smallest absolute Gasteiger partial charge is 0.425 e. The minimum atomic E-state index is -4.72. The van der Waals surface area contributed by atoms with Gasteiger partial charge in [0.1, 0.15) is 22.1 Å². The van der Waals surface area contributed by atoms with Gasteiger partial charge in [-0.2, -0.15) is 22.5 Å². The second-order valence-corrected chi connectivity index (χ2v) is 11.9. The highest BCUT2D eigenvalue weighted by molar-refractivity contribution is 8.01. The van der Waals surface area contributed by atoms with E-state index in [1.54, 1.807) is 0 Å². The van der Waals surface area contributed by atoms with Crippen LogP contribution >= 0.6 is 46.4 Å². The molecule has 0 aliphatic carbocycles. The van der Waals surface area contributed by atoms with Gasteiger partial charge in [0.2, 0.25) is 18.1 Å². The van der Waals surface area contributed by atoms with Gasteiger partial charge in [-0.05, 0) is 12.1 Å². The maximum atomic E-state index is 12.9. The number of amides is 2. The van der Waals surface area contributed by atoms with Crippen molar-refractivity contribution in [1.29, 1.82) is 0 Å². The van der Waals surface area contributed by atoms with Gasteiger partial charge >= 0.3 is 12.1 Å². The van der Waals surface area contributed by atoms with E-state index < -0.39 is 53.5 Å². The molecule has 2 aromatic heterocycles. The number of carbonyl (C=O) groups is 3. The molecular weight excluding hydrogens is 608 g/mol. The summed E-state index contributed by atoms with van der Waals surface area (Å²) in [6, 6.07) is -1.18. The highest BCUT2D eigenvalue weighted by Crippen LogP contribution is 2.41. The normalized spacial score (nSPS) is 19.5. The number of anilines is 1. The lowest BCUT2D eigenvalue weighted by Crippen LogP contribution is -2.71. The number of hydrogen-bond acceptors (Lipinski definition) is 15. The molecule has 0 spiro atoms. The molecule has 21 heteroatoms. The minimum Gasteiger partial charge on any atom is -0.477 e. The summed E-state index contributed by atoms with van der Waals surface area (Å²) in [5.74, 6) is -3.05. The molecule has 1 fully saturated rings. The van der Waals surface area contributed by atoms with Crippen LogP contribution in [0.1, 0.15) is 10.8 Å². The van der Waals surface area contributed by atoms with Gasteiger partial charge < -0.3 is 26.7 Å². The van der Waals surface area contributed by atoms with Crippen molar-refractivity contribution < 1.29 is 37.5 Å². The monoisotopic (exact) mass is 625 g/mol. The largest absolute Gasteiger partial charge is 0.477 e. The lowest BCUT2D eigenvalue weighted by Gasteiger charge is -2.49. The van der Waals surface area contributed by atoms with Gasteiger partial charge in [-0.3, -0.25) is 14.5 Å². The number of nitrogens with zero attached hydrogens (tertiary/aromatic N) is 6. The van der Waals surface area contributed by atoms with E-state index in [-0.39, 0.29) is 22.3 Å². The maximum absolute atomic E-state index is 12.9. The van der Waals surface area contributed by atoms with Crippen molar-refractivity contribution in [2.24, 2.45) is 10.9 Å². The third-order valence-corrected chi connectivity index (χ3v) is 9.05. The number of halogens is 3. The molecular formula is C18H18F3N9O5S4. The summed E-state index contributed by atoms with van der Waals surface area (Å²) in [7, 11) is 0. The Labute approximate surface area is 233 Å². The van der Waals surface area contributed by atoms with Crippen LogP contribution in [0.25, 0.3) is 0 Å². The zero-order valence-electron chi connectivity index (χ0n) is 19.4. The van der Waals surface area contributed by atoms with Gasteiger partial charge in [-0.25, -0.2) is 4.79 Å². The Morgan fingerprint density at radius 3 is 2.74 bits per heavy atom. The van der Waals surface area contributed by atoms with Crippen molar-refractivity contribution in [1.82, 2.24) is 29.8 Å². The summed E-state index contributed by atoms with van der Waals surface area (Å²) in [5.41, 5.74) is 10.6. The molecule has 2 aliphatic rings. The Morgan fingerprint density at radius 1 is 1.33 bits per heavy atom. The van der Waals surface area contributed by atoms with Crippen LogP contribution in [0.2, 0.25) is 0 Å². The van der Waals surface area contributed by atoms with E-state index in [4.69, 9.17) is 11.5 Å². The molecule has 2 aliphatic heterocycles. The fourth-order valence-electron chi connectivity index (χ4n) is 3.36. The zero-order valence-corrected chi connectivity index (χ0v) is 22.6. The first-order valence-corrected chi connectivity index (χ1v) is 14.3. The van der Waals surface area contributed by atoms with Crippen molar-refractivity contribution in [3.63, 3.8) is 0 Å². The number of thioether (sulfide) groups is 2. The molecule has 0 saturated carbocycles. The molecule has 14 nitrogen and oxygen atoms in total. The minimum absolute atomic E-state index is 0.0826. The summed E-state index contributed by atoms with van der Waals surface area (Å²) in [6.45, 7) is -1.36. The van der Waals surface area contributed by atoms with E-state index in [0.29, 0.717) is 34.4 Å². The van der Waals surface area contributed by atoms with Crippen LogP contribution in [0.5, 0.6) is 0 Å². The molecule has 39 heavy (non-hydrogen) atoms. The number of aliphatic carboxylic acids is 1. The second kappa shape index (κ2) is 12.0. The van der Waals surface area contributed by atoms with Crippen LogP contribution in [0.3, 0.4) is 0 Å². The molecule has 4 heterocycles. The molecule has 2 amide bonds. The number of β-lactam (4-membered cyclic amide) rings is 1. The highest BCUT2D eigenvalue weighted by atomic mass is 32.2. The van der Waals surface area contributed by atoms with Gasteiger partial charge in [-0.1, -0.05) is 28.3 Å². The number of alkyl halides is 3. The number of oxime groups is 1. The van der Waals surface area contributed by atoms with Crippen LogP contribution < -0.4 is 16.8 Å². The van der Waals surface area contributed by atoms with Crippen LogP contribution in [0.4, 0.5) is 18.3 Å². The predicted molar refractivity (Wildman–Crippen MR) is 136 cm³/mol. The molecule has 6 N–H and O–H groups in total. The Balaban J connectivity index is 1.47. The zero-order chi connectivity index (χ0) is 28.3. The summed E-state index contributed by atoms with van der Waals surface area (Å²) in [5, 5.41) is 23.4. The Kier molecular flexibility index (Phi) is 8.93. The summed E-state index contributed by atoms with van der Waals surface area (Å²) >= 11 is 4.50. The molecule has 4 rings (SSSR count). The molecule has 0 bridgehead atoms. The lowest BCUT2D eigenvalue weighted by molar-refractivity contribution is -0.174. The van der Waals surface area contributed by atoms with E-state index in [1.165, 1.54) is 34.9 Å². The topological polar surface area (TPSA) is 212 Å². The summed E-state index contributed by atoms with van der Waals surface area (Å²) in [4.78, 5) is 46.9. The van der Waals surface area contributed by atoms with E-state index in [2.05, 4.69) is 34.9 Å². The number of carboxylic acids is 1. The van der Waals surface area contributed by atoms with E-state index in [0.717, 1.165) is 9.91 Å². The van der Waals surface area contributed by atoms with Gasteiger partial charge in [0, 0.05) is 29.5 Å². The van der Waals surface area contributed by atoms with Crippen LogP contribution in [0, 0.1) is 0 Å². The molecule has 0 aromatic carbocycles. The number of nitrogens with two attached hydrogens (primary N) is 2. The van der Waals surface area contributed by atoms with Gasteiger partial charge in [0.05, 0.1) is 0 Å². The molecule has 1 saturated heterocycles. The predicted octanol–water partition coefficient (Wildman–Crippen LogP) is 0.287. The summed E-state index contributed by atoms with van der Waals surface area (Å²) in [6.07, 6.45) is -4.15. The Bertz CT molecular complexity index is 1330. The van der Waals surface area contributed by atoms with Crippen LogP contribution in [0.15, 0.2) is 20.8 Å². The third-order valence-electron chi connectivity index (χ3n) is 4.97. The average Bonchev–Trinajstić information content (AvgIpc) is 3.51. The Morgan fingerprint density at radius 2 is 2.10 bits per heavy atom. The van der Waals surface area contributed by atoms with Crippen molar-refractivity contribution in [2.45, 2.75) is 28.4 Å². The van der Waals surface area contributed by atoms with Gasteiger partial charge in [0.15, 0.2) is 9.47 Å². The van der Waals surface area contributed by atoms with E-state index in [1.807, 2.05) is 0 Å². The number of carbonyl (C=O) groups excluding carboxylic acids is 2. The van der Waals surface area contributed by atoms with Crippen molar-refractivity contribution in [3.8, 4) is 0 Å². The second-order valence-electron chi connectivity index (χ2n) is 7.69. The average molecular weight is 626 g/mol. The number of hydrogen-bond donors (Lipinski definition) is 4.